The Morgan fingerprint density at radius 2 is 0.435 bits per heavy atom. The molecule has 652 valence electrons. The first kappa shape index (κ1) is 109. The number of aliphatic hydroxyl groups excluding tert-OH is 2. The Hall–Kier alpha value is -5.87. The van der Waals surface area contributed by atoms with E-state index in [9.17, 15) is 43.5 Å². The van der Waals surface area contributed by atoms with Crippen LogP contribution in [-0.2, 0) is 55.8 Å². The largest absolute Gasteiger partial charge is 0.472 e. The lowest BCUT2D eigenvalue weighted by molar-refractivity contribution is -0.161. The Bertz CT molecular complexity index is 2920. The van der Waals surface area contributed by atoms with Crippen LogP contribution < -0.4 is 0 Å². The van der Waals surface area contributed by atoms with Crippen LogP contribution in [0.2, 0.25) is 0 Å². The quantitative estimate of drug-likeness (QED) is 0.0146. The predicted molar refractivity (Wildman–Crippen MR) is 481 cm³/mol. The van der Waals surface area contributed by atoms with Gasteiger partial charge in [-0.05, 0) is 167 Å². The van der Waals surface area contributed by atoms with Crippen LogP contribution in [-0.4, -0.2) is 95.9 Å². The molecular formula is C97H158O16P2. The molecule has 0 radical (unpaired) electrons. The molecule has 0 saturated carbocycles. The van der Waals surface area contributed by atoms with Crippen molar-refractivity contribution < 1.29 is 75.8 Å². The SMILES string of the molecule is CC/C=C\C/C=C\C/C=C\C/C=C\C/C=C\C/C=C\CCCCCCCCCCC(=O)OCC(COP(=O)(O)OCC(O)COP(=O)(O)OCC(O)COC(=O)CCCCCCCCCCCCCCCCC/C=C\C/C=C\C/C=C\C/C=C\C/C=C\CC)OC(=O)CCCC/C=C\C/C=C\C/C=C\C/C=C\C/C=C\C/C=C\CC. The highest BCUT2D eigenvalue weighted by Crippen LogP contribution is 2.45. The van der Waals surface area contributed by atoms with Crippen LogP contribution in [0.15, 0.2) is 207 Å². The Morgan fingerprint density at radius 1 is 0.243 bits per heavy atom. The van der Waals surface area contributed by atoms with Gasteiger partial charge in [-0.3, -0.25) is 32.5 Å². The number of ether oxygens (including phenoxy) is 3. The Kier molecular flexibility index (Phi) is 83.0. The van der Waals surface area contributed by atoms with Crippen molar-refractivity contribution in [3.63, 3.8) is 0 Å². The molecule has 0 saturated heterocycles. The highest BCUT2D eigenvalue weighted by atomic mass is 31.2. The Morgan fingerprint density at radius 3 is 0.704 bits per heavy atom. The summed E-state index contributed by atoms with van der Waals surface area (Å²) in [7, 11) is -9.84. The number of esters is 3. The van der Waals surface area contributed by atoms with Gasteiger partial charge >= 0.3 is 33.6 Å². The minimum Gasteiger partial charge on any atom is -0.463 e. The lowest BCUT2D eigenvalue weighted by Crippen LogP contribution is -2.30. The zero-order valence-electron chi connectivity index (χ0n) is 71.6. The molecule has 0 aliphatic heterocycles. The minimum atomic E-state index is -4.96. The third-order valence-corrected chi connectivity index (χ3v) is 19.9. The molecule has 0 aromatic rings. The van der Waals surface area contributed by atoms with Gasteiger partial charge in [0, 0.05) is 19.3 Å². The molecule has 5 unspecified atom stereocenters. The maximum Gasteiger partial charge on any atom is 0.472 e. The van der Waals surface area contributed by atoms with E-state index in [1.165, 1.54) is 83.5 Å². The molecule has 0 heterocycles. The fraction of sp³-hybridized carbons (Fsp3) is 0.619. The van der Waals surface area contributed by atoms with Gasteiger partial charge in [0.25, 0.3) is 0 Å². The second-order valence-corrected chi connectivity index (χ2v) is 31.8. The highest BCUT2D eigenvalue weighted by Gasteiger charge is 2.29. The van der Waals surface area contributed by atoms with Crippen LogP contribution in [0, 0.1) is 0 Å². The molecular weight excluding hydrogens is 1480 g/mol. The fourth-order valence-electron chi connectivity index (χ4n) is 11.4. The Labute approximate surface area is 699 Å². The standard InChI is InChI=1S/C97H158O16P2/c1-4-7-10-13-16-19-22-25-28-31-34-37-39-41-43-44-45-46-48-50-51-54-56-59-62-65-68-71-74-77-80-83-95(100)107-86-92(98)87-109-114(103,104)110-88-93(99)89-111-115(105,106)112-91-94(113-97(102)85-82-79-76-73-70-67-64-61-58-53-36-33-30-27-24-21-18-15-12-9-6-3)90-108-96(101)84-81-78-75-72-69-66-63-60-57-55-52-49-47-42-40-38-35-32-29-26-23-20-17-14-11-8-5-2/h7-12,16-21,25-30,34-38,41-43,47,52-53,55,61,64,70,73,92-94,98-99H,4-6,13-15,22-24,31-33,39-40,44-46,48-51,54,56-60,62-63,65-69,71-72,74-91H2,1-3H3,(H,103,104)(H,105,106)/b10-7-,11-8-,12-9-,19-16-,20-17-,21-18-,28-25-,29-26-,30-27-,37-34-,38-35-,43-41-,47-42-,53-36-,55-52-,64-61-,73-70-. The zero-order valence-corrected chi connectivity index (χ0v) is 73.4. The average molecular weight is 1640 g/mol. The van der Waals surface area contributed by atoms with Crippen molar-refractivity contribution in [3.05, 3.63) is 207 Å². The van der Waals surface area contributed by atoms with E-state index in [4.69, 9.17) is 32.3 Å². The molecule has 0 aliphatic rings. The van der Waals surface area contributed by atoms with E-state index in [1.807, 2.05) is 0 Å². The van der Waals surface area contributed by atoms with E-state index >= 15 is 0 Å². The molecule has 115 heavy (non-hydrogen) atoms. The third kappa shape index (κ3) is 88.8. The average Bonchev–Trinajstić information content (AvgIpc) is 0.900. The molecule has 5 atom stereocenters. The van der Waals surface area contributed by atoms with E-state index in [-0.39, 0.29) is 19.3 Å². The van der Waals surface area contributed by atoms with Crippen LogP contribution in [0.4, 0.5) is 0 Å². The van der Waals surface area contributed by atoms with Gasteiger partial charge in [-0.15, -0.1) is 0 Å². The summed E-state index contributed by atoms with van der Waals surface area (Å²) in [6.45, 7) is 2.28. The van der Waals surface area contributed by atoms with Crippen molar-refractivity contribution in [2.24, 2.45) is 0 Å². The van der Waals surface area contributed by atoms with E-state index in [2.05, 4.69) is 227 Å². The number of phosphoric ester groups is 2. The summed E-state index contributed by atoms with van der Waals surface area (Å²) in [5.74, 6) is -1.64. The molecule has 0 amide bonds. The second-order valence-electron chi connectivity index (χ2n) is 28.9. The van der Waals surface area contributed by atoms with Crippen LogP contribution in [0.5, 0.6) is 0 Å². The highest BCUT2D eigenvalue weighted by molar-refractivity contribution is 7.47. The van der Waals surface area contributed by atoms with Gasteiger partial charge < -0.3 is 34.2 Å². The van der Waals surface area contributed by atoms with Gasteiger partial charge in [0.15, 0.2) is 6.10 Å². The van der Waals surface area contributed by atoms with E-state index < -0.39 is 91.5 Å². The maximum absolute atomic E-state index is 13.0. The summed E-state index contributed by atoms with van der Waals surface area (Å²) in [5, 5.41) is 20.7. The number of carbonyl (C=O) groups excluding carboxylic acids is 3. The molecule has 0 fully saturated rings. The first-order valence-electron chi connectivity index (χ1n) is 44.4. The fourth-order valence-corrected chi connectivity index (χ4v) is 13.0. The van der Waals surface area contributed by atoms with Gasteiger partial charge in [-0.2, -0.15) is 0 Å². The van der Waals surface area contributed by atoms with Crippen molar-refractivity contribution in [2.45, 2.75) is 347 Å². The van der Waals surface area contributed by atoms with Crippen molar-refractivity contribution >= 4 is 33.6 Å². The van der Waals surface area contributed by atoms with Gasteiger partial charge in [0.1, 0.15) is 25.4 Å². The molecule has 0 aromatic carbocycles. The van der Waals surface area contributed by atoms with Crippen LogP contribution in [0.3, 0.4) is 0 Å². The molecule has 16 nitrogen and oxygen atoms in total. The Balaban J connectivity index is 4.66. The number of rotatable bonds is 82. The van der Waals surface area contributed by atoms with E-state index in [1.54, 1.807) is 0 Å². The number of allylic oxidation sites excluding steroid dienone is 34. The van der Waals surface area contributed by atoms with Crippen LogP contribution >= 0.6 is 15.6 Å². The molecule has 0 bridgehead atoms. The molecule has 18 heteroatoms. The van der Waals surface area contributed by atoms with Gasteiger partial charge in [-0.1, -0.05) is 349 Å². The van der Waals surface area contributed by atoms with E-state index in [0.29, 0.717) is 25.7 Å². The van der Waals surface area contributed by atoms with Crippen molar-refractivity contribution in [2.75, 3.05) is 39.6 Å². The normalized spacial score (nSPS) is 14.8. The third-order valence-electron chi connectivity index (χ3n) is 18.0. The van der Waals surface area contributed by atoms with Gasteiger partial charge in [0.2, 0.25) is 0 Å². The van der Waals surface area contributed by atoms with Gasteiger partial charge in [0.05, 0.1) is 26.4 Å². The summed E-state index contributed by atoms with van der Waals surface area (Å²) >= 11 is 0. The summed E-state index contributed by atoms with van der Waals surface area (Å²) in [6, 6.07) is 0. The number of carbonyl (C=O) groups is 3. The number of phosphoric acid groups is 2. The first-order valence-corrected chi connectivity index (χ1v) is 47.4. The number of hydrogen-bond donors (Lipinski definition) is 4. The first-order chi connectivity index (χ1) is 56.2. The summed E-state index contributed by atoms with van der Waals surface area (Å²) < 4.78 is 61.4. The van der Waals surface area contributed by atoms with Crippen LogP contribution in [0.25, 0.3) is 0 Å². The second kappa shape index (κ2) is 87.4. The van der Waals surface area contributed by atoms with Crippen molar-refractivity contribution in [1.82, 2.24) is 0 Å². The lowest BCUT2D eigenvalue weighted by atomic mass is 10.0. The summed E-state index contributed by atoms with van der Waals surface area (Å²) in [4.78, 5) is 58.9. The molecule has 0 rings (SSSR count). The minimum absolute atomic E-state index is 0.0396. The number of unbranched alkanes of at least 4 members (excludes halogenated alkanes) is 25. The lowest BCUT2D eigenvalue weighted by Gasteiger charge is -2.21. The molecule has 0 aliphatic carbocycles. The van der Waals surface area contributed by atoms with E-state index in [0.717, 1.165) is 180 Å². The van der Waals surface area contributed by atoms with Crippen molar-refractivity contribution in [1.29, 1.82) is 0 Å². The molecule has 4 N–H and O–H groups in total. The topological polar surface area (TPSA) is 231 Å². The predicted octanol–water partition coefficient (Wildman–Crippen LogP) is 27.2. The molecule has 0 aromatic heterocycles. The zero-order chi connectivity index (χ0) is 83.6. The summed E-state index contributed by atoms with van der Waals surface area (Å²) in [5.41, 5.74) is 0. The maximum atomic E-state index is 13.0. The van der Waals surface area contributed by atoms with Gasteiger partial charge in [-0.25, -0.2) is 9.13 Å². The van der Waals surface area contributed by atoms with Crippen LogP contribution in [0.1, 0.15) is 329 Å². The monoisotopic (exact) mass is 1640 g/mol. The number of aliphatic hydroxyl groups is 2. The van der Waals surface area contributed by atoms with Crippen molar-refractivity contribution in [3.8, 4) is 0 Å². The smallest absolute Gasteiger partial charge is 0.463 e. The number of hydrogen-bond acceptors (Lipinski definition) is 14. The summed E-state index contributed by atoms with van der Waals surface area (Å²) in [6.07, 6.45) is 117. The molecule has 0 spiro atoms.